The van der Waals surface area contributed by atoms with Crippen molar-refractivity contribution in [2.45, 2.75) is 43.4 Å². The number of rotatable bonds is 5. The number of carbonyl (C=O) groups is 2. The molecule has 8 heteroatoms. The first kappa shape index (κ1) is 22.3. The van der Waals surface area contributed by atoms with E-state index in [-0.39, 0.29) is 11.5 Å². The van der Waals surface area contributed by atoms with Crippen molar-refractivity contribution < 1.29 is 23.8 Å². The predicted octanol–water partition coefficient (Wildman–Crippen LogP) is 4.88. The first-order valence-corrected chi connectivity index (χ1v) is 12.1. The second kappa shape index (κ2) is 9.37. The third-order valence-electron chi connectivity index (χ3n) is 6.90. The maximum atomic E-state index is 14.0. The van der Waals surface area contributed by atoms with Crippen molar-refractivity contribution in [2.24, 2.45) is 0 Å². The molecule has 1 unspecified atom stereocenters. The zero-order valence-corrected chi connectivity index (χ0v) is 19.3. The molecule has 2 aromatic heterocycles. The zero-order valence-electron chi connectivity index (χ0n) is 18.4. The van der Waals surface area contributed by atoms with Crippen molar-refractivity contribution in [3.63, 3.8) is 0 Å². The van der Waals surface area contributed by atoms with Gasteiger partial charge in [0.25, 0.3) is 5.91 Å². The van der Waals surface area contributed by atoms with Gasteiger partial charge >= 0.3 is 5.97 Å². The largest absolute Gasteiger partial charge is 0.478 e. The van der Waals surface area contributed by atoms with Crippen molar-refractivity contribution in [3.8, 4) is 11.3 Å². The number of nitrogens with zero attached hydrogens (tertiary/aromatic N) is 2. The van der Waals surface area contributed by atoms with Gasteiger partial charge in [0.05, 0.1) is 42.5 Å². The summed E-state index contributed by atoms with van der Waals surface area (Å²) < 4.78 is 12.5. The van der Waals surface area contributed by atoms with Gasteiger partial charge in [-0.2, -0.15) is 12.6 Å². The molecule has 1 saturated carbocycles. The van der Waals surface area contributed by atoms with E-state index in [0.717, 1.165) is 47.9 Å². The summed E-state index contributed by atoms with van der Waals surface area (Å²) in [6.45, 7) is 2.36. The van der Waals surface area contributed by atoms with Crippen LogP contribution >= 0.6 is 12.6 Å². The highest BCUT2D eigenvalue weighted by molar-refractivity contribution is 7.81. The molecule has 0 bridgehead atoms. The Kier molecular flexibility index (Phi) is 6.32. The Labute approximate surface area is 197 Å². The van der Waals surface area contributed by atoms with Crippen LogP contribution in [0.4, 0.5) is 0 Å². The van der Waals surface area contributed by atoms with Crippen LogP contribution in [-0.4, -0.2) is 58.1 Å². The first-order chi connectivity index (χ1) is 16.1. The van der Waals surface area contributed by atoms with Crippen molar-refractivity contribution >= 4 is 35.4 Å². The van der Waals surface area contributed by atoms with E-state index < -0.39 is 11.3 Å². The van der Waals surface area contributed by atoms with Crippen LogP contribution in [0.1, 0.15) is 58.7 Å². The number of carboxylic acid groups (broad SMARTS) is 1. The number of morpholine rings is 1. The summed E-state index contributed by atoms with van der Waals surface area (Å²) in [6.07, 6.45) is 8.87. The second-order valence-electron chi connectivity index (χ2n) is 8.84. The lowest BCUT2D eigenvalue weighted by Gasteiger charge is -2.31. The Balaban J connectivity index is 1.74. The third kappa shape index (κ3) is 4.11. The van der Waals surface area contributed by atoms with Crippen LogP contribution < -0.4 is 0 Å². The van der Waals surface area contributed by atoms with E-state index >= 15 is 0 Å². The number of benzene rings is 1. The molecule has 0 spiro atoms. The highest BCUT2D eigenvalue weighted by atomic mass is 32.1. The topological polar surface area (TPSA) is 84.9 Å². The number of aromatic nitrogens is 1. The quantitative estimate of drug-likeness (QED) is 0.520. The predicted molar refractivity (Wildman–Crippen MR) is 128 cm³/mol. The van der Waals surface area contributed by atoms with E-state index in [1.165, 1.54) is 6.42 Å². The Morgan fingerprint density at radius 1 is 1.09 bits per heavy atom. The van der Waals surface area contributed by atoms with E-state index in [1.54, 1.807) is 29.2 Å². The lowest BCUT2D eigenvalue weighted by atomic mass is 9.82. The van der Waals surface area contributed by atoms with E-state index in [1.807, 2.05) is 17.0 Å². The minimum absolute atomic E-state index is 0.157. The Morgan fingerprint density at radius 2 is 1.85 bits per heavy atom. The average Bonchev–Trinajstić information content (AvgIpc) is 3.49. The van der Waals surface area contributed by atoms with E-state index in [2.05, 4.69) is 0 Å². The second-order valence-corrected chi connectivity index (χ2v) is 9.33. The Morgan fingerprint density at radius 3 is 2.52 bits per heavy atom. The van der Waals surface area contributed by atoms with Gasteiger partial charge < -0.3 is 14.3 Å². The molecule has 1 N–H and O–H groups in total. The first-order valence-electron chi connectivity index (χ1n) is 11.5. The van der Waals surface area contributed by atoms with Crippen LogP contribution in [0, 0.1) is 0 Å². The highest BCUT2D eigenvalue weighted by Gasteiger charge is 2.33. The van der Waals surface area contributed by atoms with E-state index in [0.29, 0.717) is 37.7 Å². The van der Waals surface area contributed by atoms with Gasteiger partial charge in [-0.3, -0.25) is 14.3 Å². The summed E-state index contributed by atoms with van der Waals surface area (Å²) in [5, 5.41) is 9.91. The number of carbonyl (C=O) groups excluding carboxylic acids is 1. The molecule has 2 aliphatic rings. The van der Waals surface area contributed by atoms with Crippen LogP contribution in [0.15, 0.2) is 41.2 Å². The molecule has 174 valence electrons. The van der Waals surface area contributed by atoms with Crippen molar-refractivity contribution in [2.75, 3.05) is 26.3 Å². The summed E-state index contributed by atoms with van der Waals surface area (Å²) in [4.78, 5) is 27.8. The lowest BCUT2D eigenvalue weighted by molar-refractivity contribution is 0.0299. The lowest BCUT2D eigenvalue weighted by Crippen LogP contribution is -2.46. The standard InChI is InChI=1S/C25H28N2O5S/c28-23(24(33)26-9-12-31-13-10-26)27-20-14-17(25(29)30)6-7-19(20)21(16-4-2-1-3-5-16)22(27)18-8-11-32-15-18/h6-8,11,14-16,24,33H,1-5,9-10,12-13H2,(H,29,30). The summed E-state index contributed by atoms with van der Waals surface area (Å²) in [6, 6.07) is 6.97. The van der Waals surface area contributed by atoms with E-state index in [4.69, 9.17) is 21.8 Å². The number of hydrogen-bond acceptors (Lipinski definition) is 6. The van der Waals surface area contributed by atoms with Gasteiger partial charge in [0.15, 0.2) is 0 Å². The summed E-state index contributed by atoms with van der Waals surface area (Å²) in [5.74, 6) is -0.902. The van der Waals surface area contributed by atoms with Gasteiger partial charge in [0.2, 0.25) is 0 Å². The fourth-order valence-corrected chi connectivity index (χ4v) is 5.60. The molecule has 1 aromatic carbocycles. The zero-order chi connectivity index (χ0) is 22.9. The molecular weight excluding hydrogens is 440 g/mol. The molecule has 2 fully saturated rings. The van der Waals surface area contributed by atoms with Crippen molar-refractivity contribution in [1.29, 1.82) is 0 Å². The molecule has 0 amide bonds. The third-order valence-corrected chi connectivity index (χ3v) is 7.44. The van der Waals surface area contributed by atoms with Crippen LogP contribution in [0.3, 0.4) is 0 Å². The van der Waals surface area contributed by atoms with Crippen LogP contribution in [-0.2, 0) is 4.74 Å². The van der Waals surface area contributed by atoms with Gasteiger partial charge in [-0.1, -0.05) is 25.3 Å². The summed E-state index contributed by atoms with van der Waals surface area (Å²) in [7, 11) is 0. The molecule has 7 nitrogen and oxygen atoms in total. The molecular formula is C25H28N2O5S. The highest BCUT2D eigenvalue weighted by Crippen LogP contribution is 2.44. The summed E-state index contributed by atoms with van der Waals surface area (Å²) in [5.41, 5.74) is 3.50. The molecule has 5 rings (SSSR count). The number of aromatic carboxylic acids is 1. The number of thiol groups is 1. The van der Waals surface area contributed by atoms with Crippen molar-refractivity contribution in [1.82, 2.24) is 9.47 Å². The van der Waals surface area contributed by atoms with Gasteiger partial charge in [0.1, 0.15) is 5.37 Å². The van der Waals surface area contributed by atoms with Gasteiger partial charge in [-0.25, -0.2) is 4.79 Å². The SMILES string of the molecule is O=C(O)c1ccc2c(C3CCCCC3)c(-c3ccoc3)n(C(=O)C(S)N3CCOCC3)c2c1. The molecule has 0 radical (unpaired) electrons. The fourth-order valence-electron chi connectivity index (χ4n) is 5.26. The van der Waals surface area contributed by atoms with Crippen LogP contribution in [0.5, 0.6) is 0 Å². The van der Waals surface area contributed by atoms with Gasteiger partial charge in [-0.15, -0.1) is 0 Å². The minimum atomic E-state index is -1.02. The van der Waals surface area contributed by atoms with Crippen LogP contribution in [0.2, 0.25) is 0 Å². The number of ether oxygens (including phenoxy) is 1. The molecule has 1 aliphatic carbocycles. The fraction of sp³-hybridized carbons (Fsp3) is 0.440. The molecule has 33 heavy (non-hydrogen) atoms. The minimum Gasteiger partial charge on any atom is -0.478 e. The number of furan rings is 1. The Bertz CT molecular complexity index is 1160. The molecule has 1 aliphatic heterocycles. The van der Waals surface area contributed by atoms with Gasteiger partial charge in [0, 0.05) is 24.0 Å². The smallest absolute Gasteiger partial charge is 0.335 e. The van der Waals surface area contributed by atoms with Crippen molar-refractivity contribution in [3.05, 3.63) is 47.9 Å². The Hall–Kier alpha value is -2.55. The molecule has 3 heterocycles. The number of fused-ring (bicyclic) bond motifs is 1. The number of hydrogen-bond donors (Lipinski definition) is 2. The maximum Gasteiger partial charge on any atom is 0.335 e. The van der Waals surface area contributed by atoms with Gasteiger partial charge in [-0.05, 0) is 42.5 Å². The van der Waals surface area contributed by atoms with E-state index in [9.17, 15) is 14.7 Å². The molecule has 1 saturated heterocycles. The van der Waals surface area contributed by atoms with Crippen LogP contribution in [0.25, 0.3) is 22.2 Å². The maximum absolute atomic E-state index is 14.0. The average molecular weight is 469 g/mol. The normalized spacial score (nSPS) is 19.1. The summed E-state index contributed by atoms with van der Waals surface area (Å²) >= 11 is 4.71. The number of carboxylic acids is 1. The molecule has 1 atom stereocenters. The molecule has 3 aromatic rings. The monoisotopic (exact) mass is 468 g/mol.